The molecule has 1 aromatic carbocycles. The van der Waals surface area contributed by atoms with Crippen molar-refractivity contribution in [3.8, 4) is 0 Å². The van der Waals surface area contributed by atoms with Crippen molar-refractivity contribution in [2.45, 2.75) is 27.2 Å². The third-order valence-electron chi connectivity index (χ3n) is 5.58. The predicted molar refractivity (Wildman–Crippen MR) is 113 cm³/mol. The monoisotopic (exact) mass is 430 g/mol. The van der Waals surface area contributed by atoms with Gasteiger partial charge >= 0.3 is 0 Å². The first-order valence-corrected chi connectivity index (χ1v) is 10.3. The predicted octanol–water partition coefficient (Wildman–Crippen LogP) is 1.44. The maximum atomic E-state index is 14.5. The Morgan fingerprint density at radius 1 is 1.23 bits per heavy atom. The van der Waals surface area contributed by atoms with Crippen LogP contribution < -0.4 is 5.56 Å². The maximum absolute atomic E-state index is 14.5. The number of benzene rings is 1. The number of hydrogen-bond acceptors (Lipinski definition) is 5. The standard InChI is InChI=1S/C22H27FN4O4/c1-4-31-10-9-26-7-8-27(13-20(26)28)22(30)17-11-16(5-6-18(17)23)12-19-14(2)15(3)21(29)25-24-19/h5-6,11H,4,7-10,12-13H2,1-3H3,(H,25,29). The minimum atomic E-state index is -0.637. The van der Waals surface area contributed by atoms with Gasteiger partial charge in [0.2, 0.25) is 5.91 Å². The molecule has 1 N–H and O–H groups in total. The van der Waals surface area contributed by atoms with Crippen LogP contribution in [0.25, 0.3) is 0 Å². The molecule has 0 unspecified atom stereocenters. The van der Waals surface area contributed by atoms with Crippen molar-refractivity contribution in [2.75, 3.05) is 39.4 Å². The molecule has 0 aliphatic carbocycles. The van der Waals surface area contributed by atoms with Crippen molar-refractivity contribution in [1.82, 2.24) is 20.0 Å². The highest BCUT2D eigenvalue weighted by Gasteiger charge is 2.29. The Labute approximate surface area is 180 Å². The number of carbonyl (C=O) groups excluding carboxylic acids is 2. The van der Waals surface area contributed by atoms with E-state index < -0.39 is 11.7 Å². The molecule has 2 heterocycles. The molecule has 2 aromatic rings. The highest BCUT2D eigenvalue weighted by atomic mass is 19.1. The number of halogens is 1. The van der Waals surface area contributed by atoms with E-state index >= 15 is 0 Å². The summed E-state index contributed by atoms with van der Waals surface area (Å²) in [5.74, 6) is -1.33. The second kappa shape index (κ2) is 9.82. The summed E-state index contributed by atoms with van der Waals surface area (Å²) in [6, 6.07) is 4.33. The molecule has 0 radical (unpaired) electrons. The van der Waals surface area contributed by atoms with Gasteiger partial charge in [-0.05, 0) is 44.0 Å². The number of H-pyrrole nitrogens is 1. The second-order valence-electron chi connectivity index (χ2n) is 7.54. The average molecular weight is 430 g/mol. The summed E-state index contributed by atoms with van der Waals surface area (Å²) in [7, 11) is 0. The molecule has 31 heavy (non-hydrogen) atoms. The molecule has 1 saturated heterocycles. The topological polar surface area (TPSA) is 95.6 Å². The molecule has 3 rings (SSSR count). The van der Waals surface area contributed by atoms with E-state index in [1.807, 2.05) is 6.92 Å². The number of carbonyl (C=O) groups is 2. The molecule has 1 aromatic heterocycles. The number of aromatic amines is 1. The smallest absolute Gasteiger partial charge is 0.267 e. The summed E-state index contributed by atoms with van der Waals surface area (Å²) in [4.78, 5) is 40.0. The van der Waals surface area contributed by atoms with Crippen LogP contribution in [-0.4, -0.2) is 71.2 Å². The first-order chi connectivity index (χ1) is 14.8. The third-order valence-corrected chi connectivity index (χ3v) is 5.58. The summed E-state index contributed by atoms with van der Waals surface area (Å²) in [6.07, 6.45) is 0.341. The van der Waals surface area contributed by atoms with Crippen molar-refractivity contribution in [1.29, 1.82) is 0 Å². The molecule has 1 fully saturated rings. The van der Waals surface area contributed by atoms with Gasteiger partial charge in [-0.15, -0.1) is 0 Å². The van der Waals surface area contributed by atoms with E-state index in [2.05, 4.69) is 10.2 Å². The van der Waals surface area contributed by atoms with Crippen LogP contribution in [-0.2, 0) is 16.0 Å². The molecule has 0 spiro atoms. The third kappa shape index (κ3) is 5.16. The first-order valence-electron chi connectivity index (χ1n) is 10.3. The molecule has 0 saturated carbocycles. The zero-order valence-corrected chi connectivity index (χ0v) is 18.0. The van der Waals surface area contributed by atoms with E-state index in [1.54, 1.807) is 24.8 Å². The van der Waals surface area contributed by atoms with Crippen LogP contribution in [0.3, 0.4) is 0 Å². The summed E-state index contributed by atoms with van der Waals surface area (Å²) >= 11 is 0. The van der Waals surface area contributed by atoms with Crippen LogP contribution in [0.5, 0.6) is 0 Å². The number of ether oxygens (including phenoxy) is 1. The van der Waals surface area contributed by atoms with E-state index in [9.17, 15) is 18.8 Å². The molecular formula is C22H27FN4O4. The molecule has 1 aliphatic rings. The Morgan fingerprint density at radius 3 is 2.71 bits per heavy atom. The van der Waals surface area contributed by atoms with Gasteiger partial charge in [-0.1, -0.05) is 6.07 Å². The highest BCUT2D eigenvalue weighted by Crippen LogP contribution is 2.18. The quantitative estimate of drug-likeness (QED) is 0.671. The van der Waals surface area contributed by atoms with Crippen molar-refractivity contribution >= 4 is 11.8 Å². The number of amides is 2. The van der Waals surface area contributed by atoms with Crippen LogP contribution in [0.15, 0.2) is 23.0 Å². The molecular weight excluding hydrogens is 403 g/mol. The van der Waals surface area contributed by atoms with E-state index in [-0.39, 0.29) is 23.6 Å². The Balaban J connectivity index is 1.73. The summed E-state index contributed by atoms with van der Waals surface area (Å²) < 4.78 is 19.7. The largest absolute Gasteiger partial charge is 0.380 e. The van der Waals surface area contributed by atoms with Gasteiger partial charge in [0.1, 0.15) is 12.4 Å². The lowest BCUT2D eigenvalue weighted by Gasteiger charge is -2.34. The van der Waals surface area contributed by atoms with Crippen LogP contribution >= 0.6 is 0 Å². The van der Waals surface area contributed by atoms with Gasteiger partial charge in [0.05, 0.1) is 17.9 Å². The minimum absolute atomic E-state index is 0.0770. The van der Waals surface area contributed by atoms with Crippen LogP contribution in [0, 0.1) is 19.7 Å². The molecule has 0 bridgehead atoms. The Hall–Kier alpha value is -3.07. The number of aromatic nitrogens is 2. The Kier molecular flexibility index (Phi) is 7.17. The van der Waals surface area contributed by atoms with Crippen LogP contribution in [0.1, 0.15) is 39.7 Å². The normalized spacial score (nSPS) is 14.3. The van der Waals surface area contributed by atoms with Gasteiger partial charge in [0.25, 0.3) is 11.5 Å². The fraction of sp³-hybridized carbons (Fsp3) is 0.455. The van der Waals surface area contributed by atoms with Crippen LogP contribution in [0.4, 0.5) is 4.39 Å². The summed E-state index contributed by atoms with van der Waals surface area (Å²) in [6.45, 7) is 7.54. The Morgan fingerprint density at radius 2 is 2.00 bits per heavy atom. The number of piperazine rings is 1. The maximum Gasteiger partial charge on any atom is 0.267 e. The lowest BCUT2D eigenvalue weighted by atomic mass is 10.0. The van der Waals surface area contributed by atoms with Gasteiger partial charge in [-0.25, -0.2) is 9.49 Å². The molecule has 0 atom stereocenters. The van der Waals surface area contributed by atoms with Gasteiger partial charge in [0, 0.05) is 38.2 Å². The lowest BCUT2D eigenvalue weighted by molar-refractivity contribution is -0.135. The van der Waals surface area contributed by atoms with E-state index in [4.69, 9.17) is 4.74 Å². The molecule has 166 valence electrons. The summed E-state index contributed by atoms with van der Waals surface area (Å²) in [5, 5.41) is 6.53. The van der Waals surface area contributed by atoms with Gasteiger partial charge in [-0.2, -0.15) is 5.10 Å². The van der Waals surface area contributed by atoms with Crippen molar-refractivity contribution in [3.05, 3.63) is 62.3 Å². The van der Waals surface area contributed by atoms with Gasteiger partial charge < -0.3 is 14.5 Å². The fourth-order valence-electron chi connectivity index (χ4n) is 3.49. The van der Waals surface area contributed by atoms with Crippen LogP contribution in [0.2, 0.25) is 0 Å². The molecule has 9 heteroatoms. The molecule has 8 nitrogen and oxygen atoms in total. The van der Waals surface area contributed by atoms with Crippen molar-refractivity contribution in [3.63, 3.8) is 0 Å². The molecule has 2 amide bonds. The van der Waals surface area contributed by atoms with Gasteiger partial charge in [-0.3, -0.25) is 14.4 Å². The minimum Gasteiger partial charge on any atom is -0.380 e. The summed E-state index contributed by atoms with van der Waals surface area (Å²) in [5.41, 5.74) is 2.35. The number of hydrogen-bond donors (Lipinski definition) is 1. The number of nitrogens with one attached hydrogen (secondary N) is 1. The van der Waals surface area contributed by atoms with Gasteiger partial charge in [0.15, 0.2) is 0 Å². The SMILES string of the molecule is CCOCCN1CCN(C(=O)c2cc(Cc3n[nH]c(=O)c(C)c3C)ccc2F)CC1=O. The second-order valence-corrected chi connectivity index (χ2v) is 7.54. The fourth-order valence-corrected chi connectivity index (χ4v) is 3.49. The van der Waals surface area contributed by atoms with Crippen molar-refractivity contribution < 1.29 is 18.7 Å². The van der Waals surface area contributed by atoms with E-state index in [0.717, 1.165) is 5.56 Å². The van der Waals surface area contributed by atoms with Crippen molar-refractivity contribution in [2.24, 2.45) is 0 Å². The zero-order chi connectivity index (χ0) is 22.5. The lowest BCUT2D eigenvalue weighted by Crippen LogP contribution is -2.53. The van der Waals surface area contributed by atoms with E-state index in [0.29, 0.717) is 56.1 Å². The van der Waals surface area contributed by atoms with E-state index in [1.165, 1.54) is 17.0 Å². The first kappa shape index (κ1) is 22.6. The number of nitrogens with zero attached hydrogens (tertiary/aromatic N) is 3. The molecule has 1 aliphatic heterocycles. The highest BCUT2D eigenvalue weighted by molar-refractivity contribution is 5.97. The zero-order valence-electron chi connectivity index (χ0n) is 18.0. The average Bonchev–Trinajstić information content (AvgIpc) is 2.76. The Bertz CT molecular complexity index is 1040. The number of rotatable bonds is 7.